The normalized spacial score (nSPS) is 11.8. The molecule has 0 heterocycles. The van der Waals surface area contributed by atoms with Crippen molar-refractivity contribution in [3.05, 3.63) is 0 Å². The van der Waals surface area contributed by atoms with Crippen LogP contribution in [0.4, 0.5) is 0 Å². The van der Waals surface area contributed by atoms with E-state index in [9.17, 15) is 3.87 Å². The molecule has 0 aliphatic carbocycles. The molecule has 0 bridgehead atoms. The Morgan fingerprint density at radius 1 is 1.00 bits per heavy atom. The molecule has 0 aromatic rings. The Kier molecular flexibility index (Phi) is 1.94. The van der Waals surface area contributed by atoms with Gasteiger partial charge in [-0.05, 0) is 0 Å². The van der Waals surface area contributed by atoms with E-state index in [1.165, 1.54) is 0 Å². The van der Waals surface area contributed by atoms with E-state index in [0.29, 0.717) is 0 Å². The van der Waals surface area contributed by atoms with E-state index in [-0.39, 0.29) is 0 Å². The molecular weight excluding hydrogens is 195 g/mol. The van der Waals surface area contributed by atoms with E-state index < -0.39 is 11.8 Å². The van der Waals surface area contributed by atoms with Crippen molar-refractivity contribution in [1.29, 1.82) is 21.0 Å². The minimum atomic E-state index is -5.36. The molecule has 0 atom stereocenters. The number of rotatable bonds is 1. The van der Waals surface area contributed by atoms with Crippen molar-refractivity contribution < 1.29 is 19.5 Å². The summed E-state index contributed by atoms with van der Waals surface area (Å²) in [5, 5.41) is 35.0. The van der Waals surface area contributed by atoms with Gasteiger partial charge in [0.15, 0.2) is 0 Å². The monoisotopic (exact) mass is 195 g/mol. The molecule has 0 saturated heterocycles. The first-order chi connectivity index (χ1) is 5.04. The molecule has 0 saturated carbocycles. The summed E-state index contributed by atoms with van der Waals surface area (Å²) in [5.41, 5.74) is 0. The molecule has 6 nitrogen and oxygen atoms in total. The Morgan fingerprint density at radius 2 is 1.36 bits per heavy atom. The SMILES string of the molecule is N#C[O][Co](=[O])([C]#N)([C]#N)[C]#N. The summed E-state index contributed by atoms with van der Waals surface area (Å²) >= 11 is -5.36. The summed E-state index contributed by atoms with van der Waals surface area (Å²) in [6.45, 7) is 0. The second-order valence-electron chi connectivity index (χ2n) is 1.10. The van der Waals surface area contributed by atoms with Crippen LogP contribution in [0, 0.1) is 42.3 Å². The third-order valence-corrected chi connectivity index (χ3v) is 2.34. The Morgan fingerprint density at radius 3 is 1.45 bits per heavy atom. The van der Waals surface area contributed by atoms with Gasteiger partial charge < -0.3 is 0 Å². The fourth-order valence-corrected chi connectivity index (χ4v) is 0.634. The molecule has 0 spiro atoms. The molecule has 7 heteroatoms. The molecular formula is C4CoN4O2. The van der Waals surface area contributed by atoms with Crippen molar-refractivity contribution in [2.24, 2.45) is 0 Å². The molecule has 0 amide bonds. The molecule has 0 rings (SSSR count). The van der Waals surface area contributed by atoms with E-state index in [1.54, 1.807) is 0 Å². The van der Waals surface area contributed by atoms with Gasteiger partial charge in [0.1, 0.15) is 0 Å². The van der Waals surface area contributed by atoms with Gasteiger partial charge in [0.25, 0.3) is 0 Å². The van der Waals surface area contributed by atoms with Crippen LogP contribution in [0.3, 0.4) is 0 Å². The van der Waals surface area contributed by atoms with Gasteiger partial charge in [-0.1, -0.05) is 0 Å². The molecule has 0 radical (unpaired) electrons. The minimum absolute atomic E-state index is 0.879. The predicted molar refractivity (Wildman–Crippen MR) is 24.2 cm³/mol. The summed E-state index contributed by atoms with van der Waals surface area (Å²) in [5.74, 6) is 0. The van der Waals surface area contributed by atoms with Gasteiger partial charge >= 0.3 is 61.9 Å². The molecule has 0 N–H and O–H groups in total. The second kappa shape index (κ2) is 2.36. The van der Waals surface area contributed by atoms with E-state index in [4.69, 9.17) is 21.0 Å². The van der Waals surface area contributed by atoms with Crippen LogP contribution in [0.5, 0.6) is 0 Å². The number of nitrogens with zero attached hydrogens (tertiary/aromatic N) is 4. The van der Waals surface area contributed by atoms with E-state index in [1.807, 2.05) is 0 Å². The third kappa shape index (κ3) is 1.31. The van der Waals surface area contributed by atoms with Crippen LogP contribution in [0.1, 0.15) is 0 Å². The summed E-state index contributed by atoms with van der Waals surface area (Å²) in [7, 11) is 0. The summed E-state index contributed by atoms with van der Waals surface area (Å²) in [6, 6.07) is 0. The van der Waals surface area contributed by atoms with Gasteiger partial charge in [0, 0.05) is 0 Å². The number of hydrogen-bond donors (Lipinski definition) is 0. The molecule has 0 unspecified atom stereocenters. The van der Waals surface area contributed by atoms with E-state index in [0.717, 1.165) is 21.3 Å². The summed E-state index contributed by atoms with van der Waals surface area (Å²) in [4.78, 5) is 0. The van der Waals surface area contributed by atoms with Crippen LogP contribution in [0.2, 0.25) is 0 Å². The van der Waals surface area contributed by atoms with Crippen LogP contribution in [0.25, 0.3) is 0 Å². The first-order valence-electron chi connectivity index (χ1n) is 1.87. The van der Waals surface area contributed by atoms with Crippen LogP contribution >= 0.6 is 0 Å². The molecule has 0 fully saturated rings. The Hall–Kier alpha value is -1.93. The van der Waals surface area contributed by atoms with Crippen molar-refractivity contribution in [2.45, 2.75) is 0 Å². The fraction of sp³-hybridized carbons (Fsp3) is 0. The number of hydrogen-bond acceptors (Lipinski definition) is 6. The summed E-state index contributed by atoms with van der Waals surface area (Å²) < 4.78 is 14.6. The standard InChI is InChI=1S/CHNO.3CN.Co.O/c2-1-3;3*1-2;;/h3H;;;;;/q;;;;+1;/p-1. The Bertz CT molecular complexity index is 352. The van der Waals surface area contributed by atoms with Crippen molar-refractivity contribution in [1.82, 2.24) is 0 Å². The maximum absolute atomic E-state index is 11.0. The number of nitriles is 4. The second-order valence-corrected chi connectivity index (χ2v) is 4.24. The van der Waals surface area contributed by atoms with Gasteiger partial charge in [-0.15, -0.1) is 0 Å². The van der Waals surface area contributed by atoms with Gasteiger partial charge in [0.05, 0.1) is 0 Å². The van der Waals surface area contributed by atoms with E-state index >= 15 is 0 Å². The zero-order chi connectivity index (χ0) is 8.98. The Balaban J connectivity index is 5.48. The fourth-order valence-electron chi connectivity index (χ4n) is 0.154. The molecule has 11 heavy (non-hydrogen) atoms. The average Bonchev–Trinajstić information content (AvgIpc) is 2.06. The van der Waals surface area contributed by atoms with Crippen LogP contribution in [-0.4, -0.2) is 0 Å². The van der Waals surface area contributed by atoms with Crippen molar-refractivity contribution in [3.8, 4) is 21.3 Å². The van der Waals surface area contributed by atoms with Gasteiger partial charge in [-0.3, -0.25) is 0 Å². The van der Waals surface area contributed by atoms with Crippen LogP contribution in [-0.2, 0) is 19.5 Å². The van der Waals surface area contributed by atoms with Gasteiger partial charge in [-0.2, -0.15) is 0 Å². The molecule has 57 valence electrons. The first kappa shape index (κ1) is 9.07. The van der Waals surface area contributed by atoms with Crippen molar-refractivity contribution in [2.75, 3.05) is 0 Å². The third-order valence-electron chi connectivity index (χ3n) is 0.566. The van der Waals surface area contributed by atoms with E-state index in [2.05, 4.69) is 3.85 Å². The topological polar surface area (TPSA) is 121 Å². The molecule has 0 aromatic carbocycles. The quantitative estimate of drug-likeness (QED) is 0.537. The van der Waals surface area contributed by atoms with Crippen LogP contribution in [0.15, 0.2) is 0 Å². The molecule has 0 aliphatic rings. The molecule has 0 aliphatic heterocycles. The molecule has 0 aromatic heterocycles. The summed E-state index contributed by atoms with van der Waals surface area (Å²) in [6.07, 6.45) is 0.879. The van der Waals surface area contributed by atoms with Gasteiger partial charge in [-0.25, -0.2) is 0 Å². The van der Waals surface area contributed by atoms with Crippen molar-refractivity contribution >= 4 is 0 Å². The van der Waals surface area contributed by atoms with Gasteiger partial charge in [0.2, 0.25) is 0 Å². The Labute approximate surface area is 62.5 Å². The maximum atomic E-state index is 11.0. The van der Waals surface area contributed by atoms with Crippen LogP contribution < -0.4 is 0 Å². The zero-order valence-electron chi connectivity index (χ0n) is 4.94. The average molecular weight is 195 g/mol. The first-order valence-corrected chi connectivity index (χ1v) is 4.28. The van der Waals surface area contributed by atoms with Crippen molar-refractivity contribution in [3.63, 3.8) is 0 Å². The zero-order valence-corrected chi connectivity index (χ0v) is 5.98. The predicted octanol–water partition coefficient (Wildman–Crippen LogP) is -0.123.